The molecule has 0 saturated heterocycles. The number of ether oxygens (including phenoxy) is 1. The van der Waals surface area contributed by atoms with E-state index >= 15 is 0 Å². The van der Waals surface area contributed by atoms with Crippen LogP contribution in [0.4, 0.5) is 0 Å². The number of methoxy groups -OCH3 is 1. The third kappa shape index (κ3) is 4.70. The molecule has 0 saturated carbocycles. The molecule has 1 heterocycles. The van der Waals surface area contributed by atoms with Gasteiger partial charge in [0.05, 0.1) is 0 Å². The van der Waals surface area contributed by atoms with Crippen LogP contribution in [0.3, 0.4) is 0 Å². The maximum Gasteiger partial charge on any atom is 0.244 e. The number of benzene rings is 1. The first kappa shape index (κ1) is 15.8. The first-order valence-electron chi connectivity index (χ1n) is 6.46. The summed E-state index contributed by atoms with van der Waals surface area (Å²) in [6.45, 7) is 0.368. The van der Waals surface area contributed by atoms with Gasteiger partial charge in [-0.15, -0.1) is 0 Å². The van der Waals surface area contributed by atoms with Gasteiger partial charge < -0.3 is 10.1 Å². The Morgan fingerprint density at radius 2 is 2.24 bits per heavy atom. The number of hydrogen-bond acceptors (Lipinski definition) is 3. The topological polar surface area (TPSA) is 38.3 Å². The SMILES string of the molecule is CO[C@H](CNC(=O)/C=C/c1ccsc1)c1ccccc1Cl. The standard InChI is InChI=1S/C16H16ClNO2S/c1-20-15(13-4-2-3-5-14(13)17)10-18-16(19)7-6-12-8-9-21-11-12/h2-9,11,15H,10H2,1H3,(H,18,19)/b7-6+/t15-/m1/s1. The molecule has 0 fully saturated rings. The van der Waals surface area contributed by atoms with Crippen LogP contribution in [0.1, 0.15) is 17.2 Å². The molecular weight excluding hydrogens is 306 g/mol. The van der Waals surface area contributed by atoms with Gasteiger partial charge in [0.15, 0.2) is 0 Å². The molecule has 5 heteroatoms. The summed E-state index contributed by atoms with van der Waals surface area (Å²) in [5.41, 5.74) is 1.88. The average molecular weight is 322 g/mol. The molecular formula is C16H16ClNO2S. The monoisotopic (exact) mass is 321 g/mol. The Labute approximate surface area is 133 Å². The van der Waals surface area contributed by atoms with Gasteiger partial charge >= 0.3 is 0 Å². The fraction of sp³-hybridized carbons (Fsp3) is 0.188. The molecule has 0 aliphatic heterocycles. The molecule has 0 aliphatic carbocycles. The Morgan fingerprint density at radius 1 is 1.43 bits per heavy atom. The van der Waals surface area contributed by atoms with Crippen LogP contribution in [0.5, 0.6) is 0 Å². The predicted octanol–water partition coefficient (Wildman–Crippen LogP) is 3.92. The van der Waals surface area contributed by atoms with Crippen molar-refractivity contribution in [2.45, 2.75) is 6.10 Å². The molecule has 0 unspecified atom stereocenters. The van der Waals surface area contributed by atoms with Crippen molar-refractivity contribution in [2.24, 2.45) is 0 Å². The van der Waals surface area contributed by atoms with Crippen LogP contribution in [-0.4, -0.2) is 19.6 Å². The summed E-state index contributed by atoms with van der Waals surface area (Å²) in [5, 5.41) is 7.39. The number of carbonyl (C=O) groups excluding carboxylic acids is 1. The van der Waals surface area contributed by atoms with Crippen LogP contribution in [0.25, 0.3) is 6.08 Å². The summed E-state index contributed by atoms with van der Waals surface area (Å²) < 4.78 is 5.40. The van der Waals surface area contributed by atoms with E-state index in [-0.39, 0.29) is 12.0 Å². The third-order valence-corrected chi connectivity index (χ3v) is 4.01. The lowest BCUT2D eigenvalue weighted by Crippen LogP contribution is -2.27. The lowest BCUT2D eigenvalue weighted by molar-refractivity contribution is -0.117. The van der Waals surface area contributed by atoms with Gasteiger partial charge in [-0.3, -0.25) is 4.79 Å². The van der Waals surface area contributed by atoms with Crippen molar-refractivity contribution in [2.75, 3.05) is 13.7 Å². The molecule has 0 spiro atoms. The molecule has 0 radical (unpaired) electrons. The van der Waals surface area contributed by atoms with Crippen molar-refractivity contribution >= 4 is 34.9 Å². The average Bonchev–Trinajstić information content (AvgIpc) is 3.01. The molecule has 1 aromatic heterocycles. The van der Waals surface area contributed by atoms with Crippen LogP contribution in [0, 0.1) is 0 Å². The molecule has 2 aromatic rings. The molecule has 0 bridgehead atoms. The van der Waals surface area contributed by atoms with E-state index in [1.165, 1.54) is 6.08 Å². The highest BCUT2D eigenvalue weighted by Crippen LogP contribution is 2.24. The van der Waals surface area contributed by atoms with Crippen molar-refractivity contribution < 1.29 is 9.53 Å². The Kier molecular flexibility index (Phi) is 5.99. The predicted molar refractivity (Wildman–Crippen MR) is 87.6 cm³/mol. The van der Waals surface area contributed by atoms with Crippen molar-refractivity contribution in [3.05, 3.63) is 63.3 Å². The normalized spacial score (nSPS) is 12.5. The van der Waals surface area contributed by atoms with Crippen LogP contribution >= 0.6 is 22.9 Å². The number of rotatable bonds is 6. The van der Waals surface area contributed by atoms with Crippen molar-refractivity contribution in [3.63, 3.8) is 0 Å². The highest BCUT2D eigenvalue weighted by atomic mass is 35.5. The van der Waals surface area contributed by atoms with Crippen molar-refractivity contribution in [1.29, 1.82) is 0 Å². The fourth-order valence-corrected chi connectivity index (χ4v) is 2.74. The summed E-state index contributed by atoms with van der Waals surface area (Å²) in [7, 11) is 1.60. The number of thiophene rings is 1. The second-order valence-corrected chi connectivity index (χ2v) is 5.57. The zero-order valence-corrected chi connectivity index (χ0v) is 13.2. The Hall–Kier alpha value is -1.62. The molecule has 0 aliphatic rings. The van der Waals surface area contributed by atoms with E-state index in [1.54, 1.807) is 30.6 Å². The van der Waals surface area contributed by atoms with E-state index in [4.69, 9.17) is 16.3 Å². The first-order valence-corrected chi connectivity index (χ1v) is 7.78. The molecule has 1 atom stereocenters. The molecule has 3 nitrogen and oxygen atoms in total. The second-order valence-electron chi connectivity index (χ2n) is 4.38. The third-order valence-electron chi connectivity index (χ3n) is 2.97. The molecule has 1 aromatic carbocycles. The van der Waals surface area contributed by atoms with E-state index in [9.17, 15) is 4.79 Å². The smallest absolute Gasteiger partial charge is 0.244 e. The Balaban J connectivity index is 1.91. The quantitative estimate of drug-likeness (QED) is 0.819. The summed E-state index contributed by atoms with van der Waals surface area (Å²) in [5.74, 6) is -0.157. The summed E-state index contributed by atoms with van der Waals surface area (Å²) >= 11 is 7.73. The minimum Gasteiger partial charge on any atom is -0.375 e. The largest absolute Gasteiger partial charge is 0.375 e. The highest BCUT2D eigenvalue weighted by Gasteiger charge is 2.14. The lowest BCUT2D eigenvalue weighted by atomic mass is 10.1. The number of halogens is 1. The Morgan fingerprint density at radius 3 is 2.90 bits per heavy atom. The minimum absolute atomic E-state index is 0.157. The zero-order chi connectivity index (χ0) is 15.1. The van der Waals surface area contributed by atoms with Crippen LogP contribution in [0.15, 0.2) is 47.2 Å². The summed E-state index contributed by atoms with van der Waals surface area (Å²) in [6, 6.07) is 9.41. The molecule has 2 rings (SSSR count). The van der Waals surface area contributed by atoms with E-state index in [0.29, 0.717) is 11.6 Å². The molecule has 1 N–H and O–H groups in total. The highest BCUT2D eigenvalue weighted by molar-refractivity contribution is 7.08. The molecule has 21 heavy (non-hydrogen) atoms. The van der Waals surface area contributed by atoms with E-state index in [1.807, 2.05) is 35.0 Å². The zero-order valence-electron chi connectivity index (χ0n) is 11.6. The number of hydrogen-bond donors (Lipinski definition) is 1. The number of amides is 1. The van der Waals surface area contributed by atoms with E-state index in [2.05, 4.69) is 5.32 Å². The van der Waals surface area contributed by atoms with Crippen molar-refractivity contribution in [3.8, 4) is 0 Å². The van der Waals surface area contributed by atoms with Gasteiger partial charge in [-0.2, -0.15) is 11.3 Å². The summed E-state index contributed by atoms with van der Waals surface area (Å²) in [6.07, 6.45) is 3.03. The first-order chi connectivity index (χ1) is 10.2. The van der Waals surface area contributed by atoms with Gasteiger partial charge in [-0.1, -0.05) is 29.8 Å². The molecule has 110 valence electrons. The van der Waals surface area contributed by atoms with Gasteiger partial charge in [0.1, 0.15) is 6.10 Å². The van der Waals surface area contributed by atoms with Gasteiger partial charge in [-0.05, 0) is 34.5 Å². The van der Waals surface area contributed by atoms with Crippen LogP contribution < -0.4 is 5.32 Å². The number of nitrogens with one attached hydrogen (secondary N) is 1. The number of carbonyl (C=O) groups is 1. The summed E-state index contributed by atoms with van der Waals surface area (Å²) in [4.78, 5) is 11.8. The fourth-order valence-electron chi connectivity index (χ4n) is 1.85. The van der Waals surface area contributed by atoms with Gasteiger partial charge in [0.2, 0.25) is 5.91 Å². The minimum atomic E-state index is -0.266. The van der Waals surface area contributed by atoms with Gasteiger partial charge in [0.25, 0.3) is 0 Å². The van der Waals surface area contributed by atoms with E-state index in [0.717, 1.165) is 11.1 Å². The lowest BCUT2D eigenvalue weighted by Gasteiger charge is -2.17. The maximum absolute atomic E-state index is 11.8. The van der Waals surface area contributed by atoms with E-state index < -0.39 is 0 Å². The second kappa shape index (κ2) is 7.98. The van der Waals surface area contributed by atoms with Crippen molar-refractivity contribution in [1.82, 2.24) is 5.32 Å². The van der Waals surface area contributed by atoms with Crippen LogP contribution in [0.2, 0.25) is 5.02 Å². The maximum atomic E-state index is 11.8. The van der Waals surface area contributed by atoms with Gasteiger partial charge in [-0.25, -0.2) is 0 Å². The molecule has 1 amide bonds. The Bertz CT molecular complexity index is 610. The van der Waals surface area contributed by atoms with Gasteiger partial charge in [0, 0.05) is 30.3 Å². The van der Waals surface area contributed by atoms with Crippen LogP contribution in [-0.2, 0) is 9.53 Å².